The van der Waals surface area contributed by atoms with Crippen molar-refractivity contribution in [3.05, 3.63) is 46.3 Å². The minimum Gasteiger partial charge on any atom is -0.356 e. The second kappa shape index (κ2) is 4.67. The second-order valence-corrected chi connectivity index (χ2v) is 3.81. The van der Waals surface area contributed by atoms with Gasteiger partial charge >= 0.3 is 0 Å². The molecule has 0 bridgehead atoms. The largest absolute Gasteiger partial charge is 0.356 e. The zero-order valence-corrected chi connectivity index (χ0v) is 8.98. The van der Waals surface area contributed by atoms with Crippen LogP contribution in [-0.4, -0.2) is 14.3 Å². The summed E-state index contributed by atoms with van der Waals surface area (Å²) >= 11 is 1.25. The molecule has 7 heteroatoms. The molecule has 0 saturated carbocycles. The lowest BCUT2D eigenvalue weighted by Gasteiger charge is -2.01. The number of nitrogens with zero attached hydrogens (tertiary/aromatic N) is 3. The van der Waals surface area contributed by atoms with Gasteiger partial charge in [0.1, 0.15) is 6.33 Å². The Labute approximate surface area is 95.3 Å². The maximum Gasteiger partial charge on any atom is 0.269 e. The van der Waals surface area contributed by atoms with Gasteiger partial charge in [-0.3, -0.25) is 10.1 Å². The number of hydrogen-bond acceptors (Lipinski definition) is 6. The number of anilines is 1. The Kier molecular flexibility index (Phi) is 3.06. The summed E-state index contributed by atoms with van der Waals surface area (Å²) in [6, 6.07) is 6.48. The highest BCUT2D eigenvalue weighted by molar-refractivity contribution is 7.09. The molecule has 2 aromatic rings. The van der Waals surface area contributed by atoms with Gasteiger partial charge in [-0.25, -0.2) is 4.98 Å². The summed E-state index contributed by atoms with van der Waals surface area (Å²) in [5, 5.41) is 14.3. The van der Waals surface area contributed by atoms with Gasteiger partial charge in [-0.2, -0.15) is 4.37 Å². The molecule has 0 spiro atoms. The third-order valence-corrected chi connectivity index (χ3v) is 2.55. The van der Waals surface area contributed by atoms with Crippen molar-refractivity contribution in [3.8, 4) is 0 Å². The third-order valence-electron chi connectivity index (χ3n) is 1.93. The van der Waals surface area contributed by atoms with Gasteiger partial charge in [-0.1, -0.05) is 12.1 Å². The quantitative estimate of drug-likeness (QED) is 0.649. The summed E-state index contributed by atoms with van der Waals surface area (Å²) in [5.41, 5.74) is 0.931. The van der Waals surface area contributed by atoms with Gasteiger partial charge in [0.15, 0.2) is 0 Å². The van der Waals surface area contributed by atoms with Crippen LogP contribution in [0.5, 0.6) is 0 Å². The van der Waals surface area contributed by atoms with Gasteiger partial charge in [-0.15, -0.1) is 0 Å². The van der Waals surface area contributed by atoms with E-state index < -0.39 is 4.92 Å². The molecular weight excluding hydrogens is 228 g/mol. The molecule has 82 valence electrons. The van der Waals surface area contributed by atoms with Crippen LogP contribution in [0.15, 0.2) is 30.6 Å². The minimum absolute atomic E-state index is 0.0940. The van der Waals surface area contributed by atoms with Crippen LogP contribution in [0, 0.1) is 10.1 Å². The smallest absolute Gasteiger partial charge is 0.269 e. The fourth-order valence-electron chi connectivity index (χ4n) is 1.21. The summed E-state index contributed by atoms with van der Waals surface area (Å²) in [6.45, 7) is 0.497. The number of rotatable bonds is 4. The summed E-state index contributed by atoms with van der Waals surface area (Å²) in [5.74, 6) is 0. The Morgan fingerprint density at radius 3 is 3.06 bits per heavy atom. The van der Waals surface area contributed by atoms with E-state index in [1.54, 1.807) is 6.07 Å². The molecule has 1 aromatic carbocycles. The molecule has 0 fully saturated rings. The first-order valence-corrected chi connectivity index (χ1v) is 5.27. The highest BCUT2D eigenvalue weighted by Gasteiger charge is 2.05. The zero-order valence-electron chi connectivity index (χ0n) is 8.16. The first-order valence-electron chi connectivity index (χ1n) is 4.49. The lowest BCUT2D eigenvalue weighted by atomic mass is 10.2. The van der Waals surface area contributed by atoms with Crippen LogP contribution >= 0.6 is 11.5 Å². The third kappa shape index (κ3) is 2.51. The molecule has 0 aliphatic carbocycles. The topological polar surface area (TPSA) is 81.0 Å². The Hall–Kier alpha value is -2.02. The van der Waals surface area contributed by atoms with Crippen LogP contribution in [0.1, 0.15) is 5.56 Å². The summed E-state index contributed by atoms with van der Waals surface area (Å²) in [4.78, 5) is 14.1. The lowest BCUT2D eigenvalue weighted by molar-refractivity contribution is -0.384. The monoisotopic (exact) mass is 236 g/mol. The van der Waals surface area contributed by atoms with Crippen molar-refractivity contribution >= 4 is 22.4 Å². The number of hydrogen-bond donors (Lipinski definition) is 1. The number of aromatic nitrogens is 2. The molecule has 0 aliphatic heterocycles. The van der Waals surface area contributed by atoms with E-state index in [-0.39, 0.29) is 5.69 Å². The normalized spacial score (nSPS) is 10.0. The average molecular weight is 236 g/mol. The maximum absolute atomic E-state index is 10.6. The van der Waals surface area contributed by atoms with Crippen LogP contribution in [0.4, 0.5) is 10.8 Å². The zero-order chi connectivity index (χ0) is 11.4. The lowest BCUT2D eigenvalue weighted by Crippen LogP contribution is -1.99. The number of non-ortho nitro benzene ring substituents is 1. The van der Waals surface area contributed by atoms with Gasteiger partial charge in [-0.05, 0) is 5.56 Å². The molecule has 0 radical (unpaired) electrons. The molecule has 0 saturated heterocycles. The molecule has 0 unspecified atom stereocenters. The SMILES string of the molecule is O=[N+]([O-])c1cccc(CNc2ncns2)c1. The van der Waals surface area contributed by atoms with Crippen LogP contribution in [0.2, 0.25) is 0 Å². The highest BCUT2D eigenvalue weighted by Crippen LogP contribution is 2.15. The van der Waals surface area contributed by atoms with Crippen LogP contribution in [0.3, 0.4) is 0 Å². The van der Waals surface area contributed by atoms with Crippen molar-refractivity contribution in [1.29, 1.82) is 0 Å². The van der Waals surface area contributed by atoms with E-state index in [0.717, 1.165) is 5.56 Å². The fraction of sp³-hybridized carbons (Fsp3) is 0.111. The molecule has 1 heterocycles. The number of nitrogens with one attached hydrogen (secondary N) is 1. The van der Waals surface area contributed by atoms with Crippen LogP contribution in [-0.2, 0) is 6.54 Å². The number of nitro benzene ring substituents is 1. The summed E-state index contributed by atoms with van der Waals surface area (Å²) < 4.78 is 3.84. The first-order chi connectivity index (χ1) is 7.75. The number of benzene rings is 1. The van der Waals surface area contributed by atoms with E-state index in [1.165, 1.54) is 30.0 Å². The molecular formula is C9H8N4O2S. The Bertz CT molecular complexity index is 486. The molecule has 0 amide bonds. The Morgan fingerprint density at radius 2 is 2.38 bits per heavy atom. The highest BCUT2D eigenvalue weighted by atomic mass is 32.1. The van der Waals surface area contributed by atoms with Gasteiger partial charge in [0.2, 0.25) is 5.13 Å². The van der Waals surface area contributed by atoms with Crippen LogP contribution < -0.4 is 5.32 Å². The van der Waals surface area contributed by atoms with E-state index in [4.69, 9.17) is 0 Å². The molecule has 0 atom stereocenters. The fourth-order valence-corrected chi connectivity index (χ4v) is 1.63. The standard InChI is InChI=1S/C9H8N4O2S/c14-13(15)8-3-1-2-7(4-8)5-10-9-11-6-12-16-9/h1-4,6H,5H2,(H,10,11,12). The molecule has 1 N–H and O–H groups in total. The minimum atomic E-state index is -0.408. The molecule has 6 nitrogen and oxygen atoms in total. The van der Waals surface area contributed by atoms with Crippen LogP contribution in [0.25, 0.3) is 0 Å². The van der Waals surface area contributed by atoms with E-state index in [0.29, 0.717) is 11.7 Å². The molecule has 16 heavy (non-hydrogen) atoms. The van der Waals surface area contributed by atoms with E-state index in [9.17, 15) is 10.1 Å². The summed E-state index contributed by atoms with van der Waals surface area (Å²) in [7, 11) is 0. The van der Waals surface area contributed by atoms with Crippen molar-refractivity contribution in [2.24, 2.45) is 0 Å². The van der Waals surface area contributed by atoms with E-state index in [1.807, 2.05) is 6.07 Å². The van der Waals surface area contributed by atoms with Crippen molar-refractivity contribution in [2.75, 3.05) is 5.32 Å². The first kappa shape index (κ1) is 10.5. The van der Waals surface area contributed by atoms with Gasteiger partial charge in [0.05, 0.1) is 4.92 Å². The van der Waals surface area contributed by atoms with Crippen molar-refractivity contribution in [2.45, 2.75) is 6.54 Å². The van der Waals surface area contributed by atoms with E-state index >= 15 is 0 Å². The Balaban J connectivity index is 2.04. The second-order valence-electron chi connectivity index (χ2n) is 3.03. The van der Waals surface area contributed by atoms with Gasteiger partial charge < -0.3 is 5.32 Å². The summed E-state index contributed by atoms with van der Waals surface area (Å²) in [6.07, 6.45) is 1.46. The van der Waals surface area contributed by atoms with Gasteiger partial charge in [0, 0.05) is 30.2 Å². The van der Waals surface area contributed by atoms with E-state index in [2.05, 4.69) is 14.7 Å². The molecule has 2 rings (SSSR count). The molecule has 0 aliphatic rings. The predicted octanol–water partition coefficient (Wildman–Crippen LogP) is 2.06. The van der Waals surface area contributed by atoms with Crippen molar-refractivity contribution in [1.82, 2.24) is 9.36 Å². The maximum atomic E-state index is 10.6. The predicted molar refractivity (Wildman–Crippen MR) is 60.3 cm³/mol. The van der Waals surface area contributed by atoms with Crippen molar-refractivity contribution < 1.29 is 4.92 Å². The van der Waals surface area contributed by atoms with Gasteiger partial charge in [0.25, 0.3) is 5.69 Å². The number of nitro groups is 1. The Morgan fingerprint density at radius 1 is 1.50 bits per heavy atom. The molecule has 1 aromatic heterocycles. The average Bonchev–Trinajstić information content (AvgIpc) is 2.79. The van der Waals surface area contributed by atoms with Crippen molar-refractivity contribution in [3.63, 3.8) is 0 Å².